The zero-order valence-corrected chi connectivity index (χ0v) is 29.4. The zero-order valence-electron chi connectivity index (χ0n) is 29.4. The van der Waals surface area contributed by atoms with Crippen molar-refractivity contribution in [3.63, 3.8) is 0 Å². The maximum atomic E-state index is 2.50. The Morgan fingerprint density at radius 3 is 1.27 bits per heavy atom. The molecule has 51 heavy (non-hydrogen) atoms. The lowest BCUT2D eigenvalue weighted by Gasteiger charge is -2.22. The van der Waals surface area contributed by atoms with E-state index in [1.807, 2.05) is 0 Å². The predicted molar refractivity (Wildman–Crippen MR) is 215 cm³/mol. The van der Waals surface area contributed by atoms with Crippen molar-refractivity contribution in [3.8, 4) is 50.2 Å². The first-order valence-electron chi connectivity index (χ1n) is 18.2. The van der Waals surface area contributed by atoms with E-state index >= 15 is 0 Å². The average Bonchev–Trinajstić information content (AvgIpc) is 3.71. The molecular formula is C50H37N. The van der Waals surface area contributed by atoms with Gasteiger partial charge in [-0.15, -0.1) is 0 Å². The number of hydrogen-bond donors (Lipinski definition) is 0. The lowest BCUT2D eigenvalue weighted by molar-refractivity contribution is 0.660. The Morgan fingerprint density at radius 1 is 0.353 bits per heavy atom. The van der Waals surface area contributed by atoms with Gasteiger partial charge in [0.1, 0.15) is 0 Å². The molecule has 0 bridgehead atoms. The average molecular weight is 652 g/mol. The lowest BCUT2D eigenvalue weighted by Crippen LogP contribution is -2.14. The van der Waals surface area contributed by atoms with Gasteiger partial charge in [-0.25, -0.2) is 0 Å². The molecule has 0 saturated heterocycles. The second-order valence-corrected chi connectivity index (χ2v) is 15.8. The van der Waals surface area contributed by atoms with Gasteiger partial charge in [-0.3, -0.25) is 0 Å². The molecule has 1 heteroatoms. The Bertz CT molecular complexity index is 2720. The zero-order chi connectivity index (χ0) is 34.2. The molecule has 0 spiro atoms. The van der Waals surface area contributed by atoms with Gasteiger partial charge in [-0.05, 0) is 126 Å². The maximum absolute atomic E-state index is 2.50. The topological polar surface area (TPSA) is 4.93 Å². The third-order valence-electron chi connectivity index (χ3n) is 12.3. The quantitative estimate of drug-likeness (QED) is 0.168. The molecule has 0 unspecified atom stereocenters. The molecule has 0 N–H and O–H groups in total. The Balaban J connectivity index is 1.14. The Morgan fingerprint density at radius 2 is 0.784 bits per heavy atom. The second-order valence-electron chi connectivity index (χ2n) is 15.8. The van der Waals surface area contributed by atoms with Crippen LogP contribution in [-0.2, 0) is 10.8 Å². The first-order chi connectivity index (χ1) is 24.8. The van der Waals surface area contributed by atoms with E-state index in [1.54, 1.807) is 0 Å². The summed E-state index contributed by atoms with van der Waals surface area (Å²) in [6, 6.07) is 57.3. The lowest BCUT2D eigenvalue weighted by atomic mass is 9.81. The number of benzene rings is 8. The van der Waals surface area contributed by atoms with Crippen LogP contribution < -0.4 is 0 Å². The van der Waals surface area contributed by atoms with Crippen LogP contribution in [0.5, 0.6) is 0 Å². The highest BCUT2D eigenvalue weighted by molar-refractivity contribution is 6.25. The molecule has 0 radical (unpaired) electrons. The van der Waals surface area contributed by atoms with Crippen molar-refractivity contribution in [1.29, 1.82) is 0 Å². The van der Waals surface area contributed by atoms with Crippen LogP contribution in [-0.4, -0.2) is 4.57 Å². The minimum absolute atomic E-state index is 0.0417. The van der Waals surface area contributed by atoms with Crippen LogP contribution in [0.15, 0.2) is 152 Å². The summed E-state index contributed by atoms with van der Waals surface area (Å²) >= 11 is 0. The van der Waals surface area contributed by atoms with Crippen LogP contribution in [0.25, 0.3) is 82.8 Å². The Hall–Kier alpha value is -5.92. The highest BCUT2D eigenvalue weighted by atomic mass is 15.0. The molecule has 1 nitrogen and oxygen atoms in total. The van der Waals surface area contributed by atoms with Crippen molar-refractivity contribution in [2.45, 2.75) is 38.5 Å². The fourth-order valence-electron chi connectivity index (χ4n) is 9.72. The van der Waals surface area contributed by atoms with Crippen LogP contribution in [0.2, 0.25) is 0 Å². The Labute approximate surface area is 298 Å². The minimum atomic E-state index is -0.0417. The van der Waals surface area contributed by atoms with Crippen LogP contribution in [0, 0.1) is 0 Å². The smallest absolute Gasteiger partial charge is 0.0553 e. The van der Waals surface area contributed by atoms with Crippen molar-refractivity contribution < 1.29 is 0 Å². The number of rotatable bonds is 3. The summed E-state index contributed by atoms with van der Waals surface area (Å²) in [5, 5.41) is 5.23. The molecule has 0 amide bonds. The summed E-state index contributed by atoms with van der Waals surface area (Å²) in [4.78, 5) is 0. The summed E-state index contributed by atoms with van der Waals surface area (Å²) in [7, 11) is 0. The van der Waals surface area contributed by atoms with Crippen LogP contribution in [0.4, 0.5) is 0 Å². The number of fused-ring (bicyclic) bond motifs is 6. The van der Waals surface area contributed by atoms with Crippen molar-refractivity contribution in [1.82, 2.24) is 4.57 Å². The van der Waals surface area contributed by atoms with E-state index < -0.39 is 0 Å². The van der Waals surface area contributed by atoms with Crippen molar-refractivity contribution >= 4 is 32.6 Å². The third kappa shape index (κ3) is 3.81. The van der Waals surface area contributed by atoms with Crippen LogP contribution in [0.1, 0.15) is 49.9 Å². The molecule has 0 fully saturated rings. The summed E-state index contributed by atoms with van der Waals surface area (Å²) in [5.74, 6) is 0. The normalized spacial score (nSPS) is 15.0. The van der Waals surface area contributed by atoms with Gasteiger partial charge < -0.3 is 4.57 Å². The summed E-state index contributed by atoms with van der Waals surface area (Å²) in [6.07, 6.45) is 0. The fourth-order valence-corrected chi connectivity index (χ4v) is 9.72. The molecule has 0 saturated carbocycles. The van der Waals surface area contributed by atoms with Gasteiger partial charge >= 0.3 is 0 Å². The number of nitrogens with zero attached hydrogens (tertiary/aromatic N) is 1. The molecular weight excluding hydrogens is 615 g/mol. The van der Waals surface area contributed by atoms with Gasteiger partial charge in [0.25, 0.3) is 0 Å². The van der Waals surface area contributed by atoms with Crippen molar-refractivity contribution in [2.75, 3.05) is 0 Å². The van der Waals surface area contributed by atoms with E-state index in [0.717, 1.165) is 0 Å². The molecule has 9 aromatic rings. The second kappa shape index (κ2) is 9.86. The van der Waals surface area contributed by atoms with Crippen LogP contribution >= 0.6 is 0 Å². The summed E-state index contributed by atoms with van der Waals surface area (Å²) in [6.45, 7) is 9.46. The predicted octanol–water partition coefficient (Wildman–Crippen LogP) is 13.3. The molecule has 11 rings (SSSR count). The van der Waals surface area contributed by atoms with Crippen molar-refractivity contribution in [2.24, 2.45) is 0 Å². The minimum Gasteiger partial charge on any atom is -0.309 e. The van der Waals surface area contributed by atoms with Gasteiger partial charge in [-0.2, -0.15) is 0 Å². The highest BCUT2D eigenvalue weighted by Gasteiger charge is 2.36. The molecule has 242 valence electrons. The van der Waals surface area contributed by atoms with E-state index in [-0.39, 0.29) is 10.8 Å². The van der Waals surface area contributed by atoms with Gasteiger partial charge in [-0.1, -0.05) is 131 Å². The Kier molecular flexibility index (Phi) is 5.58. The SMILES string of the molecule is CC1(C)c2ccccc2-c2ccc(-c3cc4ccc5cc(-c6ccc7c(c6)C(C)(C)c6ccccc6-7)cc6c5c4c(c3)n6-c3ccccc3)cc21. The van der Waals surface area contributed by atoms with Crippen LogP contribution in [0.3, 0.4) is 0 Å². The van der Waals surface area contributed by atoms with E-state index in [0.29, 0.717) is 0 Å². The molecule has 0 aliphatic heterocycles. The largest absolute Gasteiger partial charge is 0.309 e. The molecule has 2 aliphatic carbocycles. The monoisotopic (exact) mass is 651 g/mol. The summed E-state index contributed by atoms with van der Waals surface area (Å²) in [5.41, 5.74) is 19.7. The highest BCUT2D eigenvalue weighted by Crippen LogP contribution is 2.52. The first kappa shape index (κ1) is 28.9. The van der Waals surface area contributed by atoms with E-state index in [1.165, 1.54) is 105 Å². The standard InChI is InChI=1S/C50H37N/c1-49(2)41-16-10-8-14-37(41)39-22-20-30(26-43(39)49)34-24-32-18-19-33-25-35(29-46-48(33)47(32)45(28-34)51(46)36-12-6-5-7-13-36)31-21-23-40-38-15-9-11-17-42(38)50(3,4)44(40)27-31/h5-29H,1-4H3. The van der Waals surface area contributed by atoms with Gasteiger partial charge in [0.05, 0.1) is 11.0 Å². The third-order valence-corrected chi connectivity index (χ3v) is 12.3. The van der Waals surface area contributed by atoms with E-state index in [2.05, 4.69) is 184 Å². The van der Waals surface area contributed by atoms with E-state index in [9.17, 15) is 0 Å². The first-order valence-corrected chi connectivity index (χ1v) is 18.2. The van der Waals surface area contributed by atoms with Gasteiger partial charge in [0.2, 0.25) is 0 Å². The number of hydrogen-bond acceptors (Lipinski definition) is 0. The molecule has 8 aromatic carbocycles. The maximum Gasteiger partial charge on any atom is 0.0553 e. The molecule has 0 atom stereocenters. The molecule has 1 heterocycles. The molecule has 2 aliphatic rings. The molecule has 1 aromatic heterocycles. The number of aromatic nitrogens is 1. The van der Waals surface area contributed by atoms with Gasteiger partial charge in [0.15, 0.2) is 0 Å². The fraction of sp³-hybridized carbons (Fsp3) is 0.120. The number of para-hydroxylation sites is 1. The van der Waals surface area contributed by atoms with Crippen molar-refractivity contribution in [3.05, 3.63) is 174 Å². The summed E-state index contributed by atoms with van der Waals surface area (Å²) < 4.78 is 2.50. The van der Waals surface area contributed by atoms with Gasteiger partial charge in [0, 0.05) is 27.3 Å². The van der Waals surface area contributed by atoms with E-state index in [4.69, 9.17) is 0 Å².